The zero-order valence-corrected chi connectivity index (χ0v) is 10.8. The number of aliphatic carboxylic acids is 2. The van der Waals surface area contributed by atoms with Crippen molar-refractivity contribution in [2.75, 3.05) is 0 Å². The lowest BCUT2D eigenvalue weighted by atomic mass is 10.2. The number of urea groups is 1. The third-order valence-electron chi connectivity index (χ3n) is 2.40. The molecule has 0 aliphatic heterocycles. The van der Waals surface area contributed by atoms with Crippen LogP contribution in [0.15, 0.2) is 18.7 Å². The highest BCUT2D eigenvalue weighted by Gasteiger charge is 2.23. The average Bonchev–Trinajstić information content (AvgIpc) is 2.79. The van der Waals surface area contributed by atoms with E-state index < -0.39 is 30.4 Å². The van der Waals surface area contributed by atoms with Gasteiger partial charge in [0.1, 0.15) is 6.04 Å². The predicted molar refractivity (Wildman–Crippen MR) is 67.0 cm³/mol. The number of carboxylic acid groups (broad SMARTS) is 2. The number of hydrogen-bond donors (Lipinski definition) is 4. The minimum atomic E-state index is -1.46. The van der Waals surface area contributed by atoms with Crippen molar-refractivity contribution in [2.24, 2.45) is 0 Å². The van der Waals surface area contributed by atoms with Crippen LogP contribution in [0.25, 0.3) is 0 Å². The lowest BCUT2D eigenvalue weighted by molar-refractivity contribution is -0.145. The molecule has 0 spiro atoms. The van der Waals surface area contributed by atoms with Gasteiger partial charge in [-0.25, -0.2) is 14.6 Å². The summed E-state index contributed by atoms with van der Waals surface area (Å²) in [6.07, 6.45) is 4.22. The number of carboxylic acids is 2. The molecule has 0 radical (unpaired) electrons. The summed E-state index contributed by atoms with van der Waals surface area (Å²) in [5.41, 5.74) is 0. The quantitative estimate of drug-likeness (QED) is 0.533. The summed E-state index contributed by atoms with van der Waals surface area (Å²) >= 11 is 0. The Balaban J connectivity index is 2.44. The lowest BCUT2D eigenvalue weighted by Gasteiger charge is -2.17. The normalized spacial score (nSPS) is 13.2. The topological polar surface area (TPSA) is 134 Å². The number of nitrogens with zero attached hydrogens (tertiary/aromatic N) is 2. The van der Waals surface area contributed by atoms with Crippen molar-refractivity contribution >= 4 is 18.0 Å². The van der Waals surface area contributed by atoms with Gasteiger partial charge in [-0.05, 0) is 6.92 Å². The molecule has 2 amide bonds. The molecule has 1 rings (SSSR count). The van der Waals surface area contributed by atoms with Crippen molar-refractivity contribution in [1.29, 1.82) is 0 Å². The second-order valence-corrected chi connectivity index (χ2v) is 4.27. The molecule has 1 unspecified atom stereocenters. The Morgan fingerprint density at radius 3 is 2.50 bits per heavy atom. The van der Waals surface area contributed by atoms with Gasteiger partial charge in [0.25, 0.3) is 0 Å². The third-order valence-corrected chi connectivity index (χ3v) is 2.40. The fourth-order valence-electron chi connectivity index (χ4n) is 1.56. The predicted octanol–water partition coefficient (Wildman–Crippen LogP) is -0.501. The van der Waals surface area contributed by atoms with Crippen LogP contribution in [-0.4, -0.2) is 49.8 Å². The van der Waals surface area contributed by atoms with Crippen LogP contribution in [0.5, 0.6) is 0 Å². The molecule has 20 heavy (non-hydrogen) atoms. The van der Waals surface area contributed by atoms with E-state index in [2.05, 4.69) is 15.6 Å². The molecule has 0 saturated heterocycles. The van der Waals surface area contributed by atoms with Gasteiger partial charge in [0.05, 0.1) is 12.7 Å². The van der Waals surface area contributed by atoms with Gasteiger partial charge in [-0.2, -0.15) is 0 Å². The van der Waals surface area contributed by atoms with Crippen LogP contribution in [0, 0.1) is 0 Å². The molecule has 110 valence electrons. The molecule has 9 heteroatoms. The maximum absolute atomic E-state index is 11.6. The molecule has 0 saturated carbocycles. The molecule has 9 nitrogen and oxygen atoms in total. The van der Waals surface area contributed by atoms with Gasteiger partial charge in [-0.3, -0.25) is 4.79 Å². The maximum Gasteiger partial charge on any atom is 0.326 e. The van der Waals surface area contributed by atoms with Crippen LogP contribution in [-0.2, 0) is 16.1 Å². The molecule has 1 aromatic rings. The largest absolute Gasteiger partial charge is 0.481 e. The molecule has 0 fully saturated rings. The van der Waals surface area contributed by atoms with E-state index in [0.717, 1.165) is 0 Å². The van der Waals surface area contributed by atoms with Crippen LogP contribution in [0.2, 0.25) is 0 Å². The van der Waals surface area contributed by atoms with Gasteiger partial charge in [0.15, 0.2) is 0 Å². The Morgan fingerprint density at radius 1 is 1.30 bits per heavy atom. The molecule has 0 bridgehead atoms. The first-order chi connectivity index (χ1) is 9.38. The van der Waals surface area contributed by atoms with Gasteiger partial charge >= 0.3 is 18.0 Å². The maximum atomic E-state index is 11.6. The summed E-state index contributed by atoms with van der Waals surface area (Å²) in [6.45, 7) is 2.19. The van der Waals surface area contributed by atoms with E-state index in [1.54, 1.807) is 30.2 Å². The van der Waals surface area contributed by atoms with Crippen LogP contribution >= 0.6 is 0 Å². The summed E-state index contributed by atoms with van der Waals surface area (Å²) in [5.74, 6) is -2.70. The van der Waals surface area contributed by atoms with Gasteiger partial charge < -0.3 is 25.4 Å². The molecule has 0 aromatic carbocycles. The van der Waals surface area contributed by atoms with Crippen molar-refractivity contribution in [2.45, 2.75) is 32.0 Å². The van der Waals surface area contributed by atoms with Gasteiger partial charge in [-0.1, -0.05) is 0 Å². The van der Waals surface area contributed by atoms with Crippen LogP contribution in [0.4, 0.5) is 4.79 Å². The SMILES string of the molecule is CC(Cn1ccnc1)NC(=O)N[C@H](CC(=O)O)C(=O)O. The van der Waals surface area contributed by atoms with Gasteiger partial charge in [0, 0.05) is 25.0 Å². The van der Waals surface area contributed by atoms with E-state index in [0.29, 0.717) is 6.54 Å². The van der Waals surface area contributed by atoms with Crippen molar-refractivity contribution in [3.05, 3.63) is 18.7 Å². The second kappa shape index (κ2) is 7.12. The molecule has 4 N–H and O–H groups in total. The highest BCUT2D eigenvalue weighted by molar-refractivity contribution is 5.86. The Morgan fingerprint density at radius 2 is 2.00 bits per heavy atom. The molecule has 0 aliphatic rings. The summed E-state index contributed by atoms with van der Waals surface area (Å²) < 4.78 is 1.75. The number of imidazole rings is 1. The summed E-state index contributed by atoms with van der Waals surface area (Å²) in [4.78, 5) is 36.7. The van der Waals surface area contributed by atoms with E-state index in [9.17, 15) is 14.4 Å². The lowest BCUT2D eigenvalue weighted by Crippen LogP contribution is -2.49. The van der Waals surface area contributed by atoms with E-state index in [1.165, 1.54) is 0 Å². The molecule has 0 aliphatic carbocycles. The van der Waals surface area contributed by atoms with Crippen molar-refractivity contribution in [3.63, 3.8) is 0 Å². The zero-order chi connectivity index (χ0) is 15.1. The Labute approximate surface area is 114 Å². The minimum Gasteiger partial charge on any atom is -0.481 e. The molecular formula is C11H16N4O5. The van der Waals surface area contributed by atoms with Crippen molar-refractivity contribution in [3.8, 4) is 0 Å². The molecule has 2 atom stereocenters. The smallest absolute Gasteiger partial charge is 0.326 e. The molecular weight excluding hydrogens is 268 g/mol. The van der Waals surface area contributed by atoms with Crippen molar-refractivity contribution in [1.82, 2.24) is 20.2 Å². The second-order valence-electron chi connectivity index (χ2n) is 4.27. The fourth-order valence-corrected chi connectivity index (χ4v) is 1.56. The van der Waals surface area contributed by atoms with Crippen LogP contribution in [0.3, 0.4) is 0 Å². The Kier molecular flexibility index (Phi) is 5.51. The summed E-state index contributed by atoms with van der Waals surface area (Å²) in [7, 11) is 0. The first-order valence-corrected chi connectivity index (χ1v) is 5.86. The highest BCUT2D eigenvalue weighted by atomic mass is 16.4. The van der Waals surface area contributed by atoms with Crippen molar-refractivity contribution < 1.29 is 24.6 Å². The minimum absolute atomic E-state index is 0.275. The van der Waals surface area contributed by atoms with E-state index in [4.69, 9.17) is 10.2 Å². The van der Waals surface area contributed by atoms with E-state index >= 15 is 0 Å². The Hall–Kier alpha value is -2.58. The number of carbonyl (C=O) groups excluding carboxylic acids is 1. The summed E-state index contributed by atoms with van der Waals surface area (Å²) in [5, 5.41) is 22.0. The Bertz CT molecular complexity index is 473. The van der Waals surface area contributed by atoms with Crippen LogP contribution in [0.1, 0.15) is 13.3 Å². The highest BCUT2D eigenvalue weighted by Crippen LogP contribution is 1.95. The monoisotopic (exact) mass is 284 g/mol. The van der Waals surface area contributed by atoms with Gasteiger partial charge in [0.2, 0.25) is 0 Å². The molecule has 1 heterocycles. The fraction of sp³-hybridized carbons (Fsp3) is 0.455. The first-order valence-electron chi connectivity index (χ1n) is 5.86. The van der Waals surface area contributed by atoms with Gasteiger partial charge in [-0.15, -0.1) is 0 Å². The molecule has 1 aromatic heterocycles. The average molecular weight is 284 g/mol. The standard InChI is InChI=1S/C11H16N4O5/c1-7(5-15-3-2-12-6-15)13-11(20)14-8(10(18)19)4-9(16)17/h2-3,6-8H,4-5H2,1H3,(H,16,17)(H,18,19)(H2,13,14,20)/t7?,8-/m1/s1. The zero-order valence-electron chi connectivity index (χ0n) is 10.8. The number of amides is 2. The number of nitrogens with one attached hydrogen (secondary N) is 2. The van der Waals surface area contributed by atoms with Crippen LogP contribution < -0.4 is 10.6 Å². The summed E-state index contributed by atoms with van der Waals surface area (Å²) in [6, 6.07) is -2.47. The number of hydrogen-bond acceptors (Lipinski definition) is 4. The number of carbonyl (C=O) groups is 3. The number of aromatic nitrogens is 2. The third kappa shape index (κ3) is 5.38. The van der Waals surface area contributed by atoms with E-state index in [1.807, 2.05) is 0 Å². The number of rotatable bonds is 7. The van der Waals surface area contributed by atoms with E-state index in [-0.39, 0.29) is 6.04 Å². The first kappa shape index (κ1) is 15.5.